The van der Waals surface area contributed by atoms with Crippen LogP contribution in [0.3, 0.4) is 0 Å². The fourth-order valence-electron chi connectivity index (χ4n) is 2.26. The first kappa shape index (κ1) is 16.1. The van der Waals surface area contributed by atoms with Gasteiger partial charge in [-0.2, -0.15) is 0 Å². The lowest BCUT2D eigenvalue weighted by molar-refractivity contribution is 0.0299. The zero-order valence-electron chi connectivity index (χ0n) is 11.9. The maximum Gasteiger partial charge on any atom is 0.126 e. The van der Waals surface area contributed by atoms with E-state index in [9.17, 15) is 8.78 Å². The number of hydrogen-bond donors (Lipinski definition) is 1. The number of hydrogen-bond acceptors (Lipinski definition) is 2. The Hall–Kier alpha value is -1.00. The van der Waals surface area contributed by atoms with Crippen molar-refractivity contribution < 1.29 is 13.5 Å². The second-order valence-corrected chi connectivity index (χ2v) is 4.62. The molecule has 1 aromatic carbocycles. The molecule has 2 atom stereocenters. The van der Waals surface area contributed by atoms with Gasteiger partial charge in [0.1, 0.15) is 11.6 Å². The van der Waals surface area contributed by atoms with Gasteiger partial charge in [-0.1, -0.05) is 13.3 Å². The summed E-state index contributed by atoms with van der Waals surface area (Å²) >= 11 is 0. The summed E-state index contributed by atoms with van der Waals surface area (Å²) in [6.07, 6.45) is 2.33. The second kappa shape index (κ2) is 8.23. The fourth-order valence-corrected chi connectivity index (χ4v) is 2.26. The molecule has 108 valence electrons. The normalized spacial score (nSPS) is 14.4. The van der Waals surface area contributed by atoms with E-state index in [1.54, 1.807) is 0 Å². The Bertz CT molecular complexity index is 378. The highest BCUT2D eigenvalue weighted by molar-refractivity contribution is 5.20. The maximum absolute atomic E-state index is 13.7. The molecule has 19 heavy (non-hydrogen) atoms. The highest BCUT2D eigenvalue weighted by atomic mass is 19.1. The van der Waals surface area contributed by atoms with Crippen LogP contribution in [0.1, 0.15) is 32.3 Å². The number of nitrogens with one attached hydrogen (secondary N) is 1. The Morgan fingerprint density at radius 1 is 1.26 bits per heavy atom. The van der Waals surface area contributed by atoms with Crippen LogP contribution in [0.5, 0.6) is 0 Å². The number of benzene rings is 1. The van der Waals surface area contributed by atoms with Gasteiger partial charge < -0.3 is 10.1 Å². The Labute approximate surface area is 114 Å². The van der Waals surface area contributed by atoms with Crippen molar-refractivity contribution in [2.45, 2.75) is 45.3 Å². The van der Waals surface area contributed by atoms with Crippen molar-refractivity contribution in [2.24, 2.45) is 0 Å². The monoisotopic (exact) mass is 271 g/mol. The molecule has 0 saturated carbocycles. The summed E-state index contributed by atoms with van der Waals surface area (Å²) in [5.74, 6) is -0.775. The summed E-state index contributed by atoms with van der Waals surface area (Å²) in [6.45, 7) is 4.65. The summed E-state index contributed by atoms with van der Waals surface area (Å²) in [7, 11) is 1.82. The average molecular weight is 271 g/mol. The van der Waals surface area contributed by atoms with E-state index >= 15 is 0 Å². The van der Waals surface area contributed by atoms with E-state index in [2.05, 4.69) is 12.2 Å². The van der Waals surface area contributed by atoms with Crippen LogP contribution in [0.2, 0.25) is 0 Å². The van der Waals surface area contributed by atoms with Gasteiger partial charge in [0.15, 0.2) is 0 Å². The van der Waals surface area contributed by atoms with Gasteiger partial charge >= 0.3 is 0 Å². The van der Waals surface area contributed by atoms with E-state index in [-0.39, 0.29) is 18.0 Å². The largest absolute Gasteiger partial charge is 0.377 e. The Morgan fingerprint density at radius 2 is 2.00 bits per heavy atom. The van der Waals surface area contributed by atoms with Crippen LogP contribution >= 0.6 is 0 Å². The van der Waals surface area contributed by atoms with Crippen LogP contribution in [0.25, 0.3) is 0 Å². The fraction of sp³-hybridized carbons (Fsp3) is 0.600. The van der Waals surface area contributed by atoms with Crippen molar-refractivity contribution in [2.75, 3.05) is 13.7 Å². The number of rotatable bonds is 8. The molecule has 0 saturated heterocycles. The molecule has 2 unspecified atom stereocenters. The molecule has 2 nitrogen and oxygen atoms in total. The van der Waals surface area contributed by atoms with Gasteiger partial charge in [0.2, 0.25) is 0 Å². The highest BCUT2D eigenvalue weighted by Gasteiger charge is 2.21. The van der Waals surface area contributed by atoms with Crippen molar-refractivity contribution in [1.29, 1.82) is 0 Å². The van der Waals surface area contributed by atoms with E-state index in [0.29, 0.717) is 18.6 Å². The minimum Gasteiger partial charge on any atom is -0.377 e. The Balaban J connectivity index is 2.81. The topological polar surface area (TPSA) is 21.3 Å². The molecule has 0 aliphatic rings. The van der Waals surface area contributed by atoms with Crippen molar-refractivity contribution in [1.82, 2.24) is 5.32 Å². The van der Waals surface area contributed by atoms with Gasteiger partial charge in [-0.3, -0.25) is 0 Å². The van der Waals surface area contributed by atoms with Crippen LogP contribution in [0.4, 0.5) is 8.78 Å². The lowest BCUT2D eigenvalue weighted by Crippen LogP contribution is -2.41. The molecule has 1 rings (SSSR count). The first-order chi connectivity index (χ1) is 9.12. The Kier molecular flexibility index (Phi) is 6.95. The van der Waals surface area contributed by atoms with Crippen molar-refractivity contribution in [3.63, 3.8) is 0 Å². The van der Waals surface area contributed by atoms with E-state index in [4.69, 9.17) is 4.74 Å². The molecule has 0 spiro atoms. The molecule has 1 N–H and O–H groups in total. The van der Waals surface area contributed by atoms with Gasteiger partial charge in [-0.05, 0) is 50.6 Å². The third kappa shape index (κ3) is 4.88. The summed E-state index contributed by atoms with van der Waals surface area (Å²) in [6, 6.07) is 3.55. The Morgan fingerprint density at radius 3 is 2.58 bits per heavy atom. The quantitative estimate of drug-likeness (QED) is 0.783. The minimum atomic E-state index is -0.408. The van der Waals surface area contributed by atoms with Gasteiger partial charge in [0.05, 0.1) is 6.10 Å². The van der Waals surface area contributed by atoms with Gasteiger partial charge in [-0.25, -0.2) is 8.78 Å². The van der Waals surface area contributed by atoms with Crippen LogP contribution < -0.4 is 5.32 Å². The molecule has 0 radical (unpaired) electrons. The molecule has 0 aliphatic heterocycles. The summed E-state index contributed by atoms with van der Waals surface area (Å²) in [5, 5.41) is 3.15. The molecule has 1 aromatic rings. The van der Waals surface area contributed by atoms with Gasteiger partial charge in [0, 0.05) is 12.6 Å². The molecular formula is C15H23F2NO. The van der Waals surface area contributed by atoms with Crippen LogP contribution in [0.15, 0.2) is 18.2 Å². The predicted molar refractivity (Wildman–Crippen MR) is 73.2 cm³/mol. The molecule has 0 aromatic heterocycles. The molecule has 0 aliphatic carbocycles. The third-order valence-corrected chi connectivity index (χ3v) is 3.22. The highest BCUT2D eigenvalue weighted by Crippen LogP contribution is 2.16. The smallest absolute Gasteiger partial charge is 0.126 e. The predicted octanol–water partition coefficient (Wildman–Crippen LogP) is 3.30. The lowest BCUT2D eigenvalue weighted by atomic mass is 9.98. The maximum atomic E-state index is 13.7. The second-order valence-electron chi connectivity index (χ2n) is 4.62. The van der Waals surface area contributed by atoms with Crippen molar-refractivity contribution in [3.8, 4) is 0 Å². The first-order valence-electron chi connectivity index (χ1n) is 6.85. The minimum absolute atomic E-state index is 0.0164. The number of halogens is 2. The molecule has 0 amide bonds. The lowest BCUT2D eigenvalue weighted by Gasteiger charge is -2.26. The molecule has 0 fully saturated rings. The summed E-state index contributed by atoms with van der Waals surface area (Å²) < 4.78 is 32.5. The van der Waals surface area contributed by atoms with E-state index in [1.807, 2.05) is 14.0 Å². The number of likely N-dealkylation sites (N-methyl/N-ethyl adjacent to an activating group) is 1. The van der Waals surface area contributed by atoms with Crippen LogP contribution in [-0.4, -0.2) is 25.8 Å². The van der Waals surface area contributed by atoms with Crippen LogP contribution in [0, 0.1) is 11.6 Å². The molecular weight excluding hydrogens is 248 g/mol. The van der Waals surface area contributed by atoms with Crippen LogP contribution in [-0.2, 0) is 11.2 Å². The zero-order chi connectivity index (χ0) is 14.3. The zero-order valence-corrected chi connectivity index (χ0v) is 11.9. The SMILES string of the molecule is CCCC(OCC)C(Cc1cc(F)ccc1F)NC. The average Bonchev–Trinajstić information content (AvgIpc) is 2.39. The molecule has 0 bridgehead atoms. The third-order valence-electron chi connectivity index (χ3n) is 3.22. The van der Waals surface area contributed by atoms with Crippen molar-refractivity contribution >= 4 is 0 Å². The molecule has 0 heterocycles. The summed E-state index contributed by atoms with van der Waals surface area (Å²) in [5.41, 5.74) is 0.389. The molecule has 4 heteroatoms. The standard InChI is InChI=1S/C15H23F2NO/c1-4-6-15(19-5-2)14(18-3)10-11-9-12(16)7-8-13(11)17/h7-9,14-15,18H,4-6,10H2,1-3H3. The van der Waals surface area contributed by atoms with E-state index in [1.165, 1.54) is 12.1 Å². The van der Waals surface area contributed by atoms with Gasteiger partial charge in [0.25, 0.3) is 0 Å². The van der Waals surface area contributed by atoms with Crippen molar-refractivity contribution in [3.05, 3.63) is 35.4 Å². The van der Waals surface area contributed by atoms with E-state index < -0.39 is 5.82 Å². The van der Waals surface area contributed by atoms with Gasteiger partial charge in [-0.15, -0.1) is 0 Å². The number of ether oxygens (including phenoxy) is 1. The van der Waals surface area contributed by atoms with E-state index in [0.717, 1.165) is 18.9 Å². The first-order valence-corrected chi connectivity index (χ1v) is 6.85. The summed E-state index contributed by atoms with van der Waals surface area (Å²) in [4.78, 5) is 0.